The molecule has 0 aliphatic heterocycles. The van der Waals surface area contributed by atoms with Crippen molar-refractivity contribution in [3.63, 3.8) is 0 Å². The molecule has 0 radical (unpaired) electrons. The minimum Gasteiger partial charge on any atom is -0.496 e. The summed E-state index contributed by atoms with van der Waals surface area (Å²) in [4.78, 5) is 0. The first-order valence-corrected chi connectivity index (χ1v) is 6.48. The molecule has 2 N–H and O–H groups in total. The molecule has 96 valence electrons. The number of hydrogen-bond donors (Lipinski definition) is 1. The lowest BCUT2D eigenvalue weighted by Crippen LogP contribution is -2.32. The minimum absolute atomic E-state index is 0.0191. The van der Waals surface area contributed by atoms with Crippen LogP contribution in [0.25, 0.3) is 0 Å². The quantitative estimate of drug-likeness (QED) is 0.821. The average molecular weight is 235 g/mol. The number of benzene rings is 1. The van der Waals surface area contributed by atoms with E-state index in [9.17, 15) is 0 Å². The van der Waals surface area contributed by atoms with Gasteiger partial charge in [0.25, 0.3) is 0 Å². The molecule has 1 aromatic carbocycles. The SMILES string of the molecule is CCCC(C)(CN)c1cc(CC)ccc1OC. The smallest absolute Gasteiger partial charge is 0.122 e. The van der Waals surface area contributed by atoms with Crippen LogP contribution in [0.1, 0.15) is 44.7 Å². The van der Waals surface area contributed by atoms with Crippen LogP contribution in [0.3, 0.4) is 0 Å². The molecular formula is C15H25NO. The number of rotatable bonds is 6. The van der Waals surface area contributed by atoms with E-state index in [2.05, 4.69) is 39.0 Å². The Labute approximate surface area is 105 Å². The summed E-state index contributed by atoms with van der Waals surface area (Å²) in [7, 11) is 1.73. The monoisotopic (exact) mass is 235 g/mol. The lowest BCUT2D eigenvalue weighted by molar-refractivity contribution is 0.374. The summed E-state index contributed by atoms with van der Waals surface area (Å²) in [5.74, 6) is 0.962. The molecule has 1 atom stereocenters. The third-order valence-electron chi connectivity index (χ3n) is 3.57. The highest BCUT2D eigenvalue weighted by Crippen LogP contribution is 2.35. The van der Waals surface area contributed by atoms with Gasteiger partial charge in [0.05, 0.1) is 7.11 Å². The largest absolute Gasteiger partial charge is 0.496 e. The standard InChI is InChI=1S/C15H25NO/c1-5-9-15(3,11-16)13-10-12(6-2)7-8-14(13)17-4/h7-8,10H,5-6,9,11,16H2,1-4H3. The molecule has 0 spiro atoms. The van der Waals surface area contributed by atoms with Gasteiger partial charge in [-0.15, -0.1) is 0 Å². The van der Waals surface area contributed by atoms with Crippen molar-refractivity contribution in [3.05, 3.63) is 29.3 Å². The number of ether oxygens (including phenoxy) is 1. The van der Waals surface area contributed by atoms with Crippen molar-refractivity contribution in [2.45, 2.75) is 45.4 Å². The molecule has 1 aromatic rings. The van der Waals surface area contributed by atoms with Crippen molar-refractivity contribution in [3.8, 4) is 5.75 Å². The third-order valence-corrected chi connectivity index (χ3v) is 3.57. The zero-order valence-electron chi connectivity index (χ0n) is 11.5. The van der Waals surface area contributed by atoms with Crippen LogP contribution in [0.5, 0.6) is 5.75 Å². The van der Waals surface area contributed by atoms with Gasteiger partial charge in [0, 0.05) is 17.5 Å². The lowest BCUT2D eigenvalue weighted by atomic mass is 9.77. The van der Waals surface area contributed by atoms with Gasteiger partial charge >= 0.3 is 0 Å². The number of aryl methyl sites for hydroxylation is 1. The predicted molar refractivity (Wildman–Crippen MR) is 73.7 cm³/mol. The Morgan fingerprint density at radius 3 is 2.47 bits per heavy atom. The molecule has 0 bridgehead atoms. The number of hydrogen-bond acceptors (Lipinski definition) is 2. The highest BCUT2D eigenvalue weighted by atomic mass is 16.5. The first-order valence-electron chi connectivity index (χ1n) is 6.48. The number of methoxy groups -OCH3 is 1. The highest BCUT2D eigenvalue weighted by Gasteiger charge is 2.27. The van der Waals surface area contributed by atoms with Crippen molar-refractivity contribution in [2.75, 3.05) is 13.7 Å². The van der Waals surface area contributed by atoms with Crippen molar-refractivity contribution < 1.29 is 4.74 Å². The van der Waals surface area contributed by atoms with Gasteiger partial charge in [0.1, 0.15) is 5.75 Å². The Hall–Kier alpha value is -1.02. The minimum atomic E-state index is 0.0191. The summed E-state index contributed by atoms with van der Waals surface area (Å²) in [5.41, 5.74) is 8.60. The molecule has 2 nitrogen and oxygen atoms in total. The van der Waals surface area contributed by atoms with Gasteiger partial charge in [-0.3, -0.25) is 0 Å². The highest BCUT2D eigenvalue weighted by molar-refractivity contribution is 5.42. The van der Waals surface area contributed by atoms with Crippen molar-refractivity contribution >= 4 is 0 Å². The van der Waals surface area contributed by atoms with E-state index in [0.717, 1.165) is 25.0 Å². The van der Waals surface area contributed by atoms with E-state index in [1.165, 1.54) is 11.1 Å². The molecule has 1 unspecified atom stereocenters. The summed E-state index contributed by atoms with van der Waals surface area (Å²) in [6, 6.07) is 6.45. The summed E-state index contributed by atoms with van der Waals surface area (Å²) >= 11 is 0. The van der Waals surface area contributed by atoms with Crippen LogP contribution in [0.2, 0.25) is 0 Å². The van der Waals surface area contributed by atoms with E-state index in [1.807, 2.05) is 0 Å². The van der Waals surface area contributed by atoms with Gasteiger partial charge in [-0.2, -0.15) is 0 Å². The van der Waals surface area contributed by atoms with Gasteiger partial charge in [-0.05, 0) is 24.5 Å². The topological polar surface area (TPSA) is 35.2 Å². The van der Waals surface area contributed by atoms with Crippen LogP contribution in [0.15, 0.2) is 18.2 Å². The Bertz CT molecular complexity index is 362. The molecule has 0 aliphatic carbocycles. The normalized spacial score (nSPS) is 14.4. The zero-order chi connectivity index (χ0) is 12.9. The summed E-state index contributed by atoms with van der Waals surface area (Å²) in [6.07, 6.45) is 3.27. The van der Waals surface area contributed by atoms with Crippen LogP contribution in [0, 0.1) is 0 Å². The number of nitrogens with two attached hydrogens (primary N) is 1. The van der Waals surface area contributed by atoms with Crippen molar-refractivity contribution in [1.82, 2.24) is 0 Å². The van der Waals surface area contributed by atoms with E-state index in [0.29, 0.717) is 6.54 Å². The van der Waals surface area contributed by atoms with Crippen LogP contribution in [-0.2, 0) is 11.8 Å². The first kappa shape index (κ1) is 14.0. The maximum atomic E-state index is 5.98. The van der Waals surface area contributed by atoms with Crippen LogP contribution >= 0.6 is 0 Å². The molecule has 17 heavy (non-hydrogen) atoms. The summed E-state index contributed by atoms with van der Waals surface area (Å²) < 4.78 is 5.48. The molecule has 0 saturated heterocycles. The van der Waals surface area contributed by atoms with Crippen LogP contribution in [0.4, 0.5) is 0 Å². The van der Waals surface area contributed by atoms with Crippen molar-refractivity contribution in [1.29, 1.82) is 0 Å². The van der Waals surface area contributed by atoms with Gasteiger partial charge in [-0.1, -0.05) is 39.3 Å². The second kappa shape index (κ2) is 6.06. The third kappa shape index (κ3) is 3.01. The van der Waals surface area contributed by atoms with Gasteiger partial charge in [0.2, 0.25) is 0 Å². The Kier molecular flexibility index (Phi) is 5.01. The average Bonchev–Trinajstić information content (AvgIpc) is 2.38. The second-order valence-electron chi connectivity index (χ2n) is 4.90. The van der Waals surface area contributed by atoms with E-state index in [1.54, 1.807) is 7.11 Å². The summed E-state index contributed by atoms with van der Waals surface area (Å²) in [5, 5.41) is 0. The van der Waals surface area contributed by atoms with Crippen LogP contribution in [-0.4, -0.2) is 13.7 Å². The van der Waals surface area contributed by atoms with E-state index in [-0.39, 0.29) is 5.41 Å². The molecule has 0 aromatic heterocycles. The van der Waals surface area contributed by atoms with Gasteiger partial charge < -0.3 is 10.5 Å². The maximum absolute atomic E-state index is 5.98. The first-order chi connectivity index (χ1) is 8.11. The van der Waals surface area contributed by atoms with E-state index >= 15 is 0 Å². The molecular weight excluding hydrogens is 210 g/mol. The summed E-state index contributed by atoms with van der Waals surface area (Å²) in [6.45, 7) is 7.26. The Morgan fingerprint density at radius 2 is 2.00 bits per heavy atom. The molecule has 2 heteroatoms. The molecule has 1 rings (SSSR count). The molecule has 0 saturated carbocycles. The predicted octanol–water partition coefficient (Wildman–Crippen LogP) is 3.27. The molecule has 0 aliphatic rings. The lowest BCUT2D eigenvalue weighted by Gasteiger charge is -2.30. The Balaban J connectivity index is 3.24. The molecule has 0 fully saturated rings. The maximum Gasteiger partial charge on any atom is 0.122 e. The fraction of sp³-hybridized carbons (Fsp3) is 0.600. The van der Waals surface area contributed by atoms with Crippen LogP contribution < -0.4 is 10.5 Å². The fourth-order valence-electron chi connectivity index (χ4n) is 2.35. The molecule has 0 amide bonds. The van der Waals surface area contributed by atoms with Crippen molar-refractivity contribution in [2.24, 2.45) is 5.73 Å². The fourth-order valence-corrected chi connectivity index (χ4v) is 2.35. The molecule has 0 heterocycles. The van der Waals surface area contributed by atoms with Gasteiger partial charge in [-0.25, -0.2) is 0 Å². The van der Waals surface area contributed by atoms with E-state index in [4.69, 9.17) is 10.5 Å². The van der Waals surface area contributed by atoms with E-state index < -0.39 is 0 Å². The van der Waals surface area contributed by atoms with Gasteiger partial charge in [0.15, 0.2) is 0 Å². The Morgan fingerprint density at radius 1 is 1.29 bits per heavy atom. The second-order valence-corrected chi connectivity index (χ2v) is 4.90. The zero-order valence-corrected chi connectivity index (χ0v) is 11.5.